The third kappa shape index (κ3) is 4.00. The standard InChI is InChI=1S/C11H11ClN2OS/c1-2-7-13-11(16)14-10(15)8-3-5-9(12)6-4-8/h2-6H,1,7H2,(H2,13,14,15,16). The van der Waals surface area contributed by atoms with Crippen LogP contribution in [0.1, 0.15) is 10.4 Å². The molecule has 0 spiro atoms. The Morgan fingerprint density at radius 3 is 2.62 bits per heavy atom. The van der Waals surface area contributed by atoms with Crippen LogP contribution in [0.15, 0.2) is 36.9 Å². The zero-order valence-electron chi connectivity index (χ0n) is 8.50. The molecule has 0 aliphatic heterocycles. The monoisotopic (exact) mass is 254 g/mol. The van der Waals surface area contributed by atoms with Gasteiger partial charge in [0.25, 0.3) is 5.91 Å². The molecule has 0 saturated carbocycles. The van der Waals surface area contributed by atoms with Crippen LogP contribution in [0.2, 0.25) is 5.02 Å². The minimum absolute atomic E-state index is 0.266. The van der Waals surface area contributed by atoms with E-state index in [2.05, 4.69) is 17.2 Å². The van der Waals surface area contributed by atoms with Crippen molar-refractivity contribution >= 4 is 34.8 Å². The van der Waals surface area contributed by atoms with Gasteiger partial charge in [0.1, 0.15) is 0 Å². The van der Waals surface area contributed by atoms with Crippen LogP contribution in [0.5, 0.6) is 0 Å². The molecule has 0 bridgehead atoms. The fourth-order valence-corrected chi connectivity index (χ4v) is 1.29. The number of nitrogens with one attached hydrogen (secondary N) is 2. The lowest BCUT2D eigenvalue weighted by Crippen LogP contribution is -2.39. The third-order valence-electron chi connectivity index (χ3n) is 1.74. The lowest BCUT2D eigenvalue weighted by molar-refractivity contribution is 0.0977. The highest BCUT2D eigenvalue weighted by atomic mass is 35.5. The minimum atomic E-state index is -0.266. The van der Waals surface area contributed by atoms with Crippen LogP contribution in [0.4, 0.5) is 0 Å². The summed E-state index contributed by atoms with van der Waals surface area (Å²) in [6.07, 6.45) is 1.65. The third-order valence-corrected chi connectivity index (χ3v) is 2.24. The lowest BCUT2D eigenvalue weighted by Gasteiger charge is -2.07. The Kier molecular flexibility index (Phi) is 4.95. The van der Waals surface area contributed by atoms with Crippen molar-refractivity contribution in [2.24, 2.45) is 0 Å². The molecular formula is C11H11ClN2OS. The van der Waals surface area contributed by atoms with Crippen molar-refractivity contribution < 1.29 is 4.79 Å². The van der Waals surface area contributed by atoms with Crippen molar-refractivity contribution in [2.45, 2.75) is 0 Å². The van der Waals surface area contributed by atoms with Gasteiger partial charge in [-0.25, -0.2) is 0 Å². The summed E-state index contributed by atoms with van der Waals surface area (Å²) in [5.74, 6) is -0.266. The van der Waals surface area contributed by atoms with E-state index < -0.39 is 0 Å². The Morgan fingerprint density at radius 1 is 1.44 bits per heavy atom. The second-order valence-electron chi connectivity index (χ2n) is 2.96. The van der Waals surface area contributed by atoms with Gasteiger partial charge in [0.2, 0.25) is 0 Å². The Hall–Kier alpha value is -1.39. The summed E-state index contributed by atoms with van der Waals surface area (Å²) in [5.41, 5.74) is 0.507. The van der Waals surface area contributed by atoms with Gasteiger partial charge >= 0.3 is 0 Å². The van der Waals surface area contributed by atoms with Gasteiger partial charge in [0.15, 0.2) is 5.11 Å². The lowest BCUT2D eigenvalue weighted by atomic mass is 10.2. The van der Waals surface area contributed by atoms with E-state index in [1.54, 1.807) is 30.3 Å². The van der Waals surface area contributed by atoms with E-state index in [0.29, 0.717) is 17.1 Å². The van der Waals surface area contributed by atoms with Gasteiger partial charge in [0.05, 0.1) is 0 Å². The van der Waals surface area contributed by atoms with Crippen LogP contribution in [0.25, 0.3) is 0 Å². The number of carbonyl (C=O) groups excluding carboxylic acids is 1. The van der Waals surface area contributed by atoms with Crippen LogP contribution in [-0.4, -0.2) is 17.6 Å². The average Bonchev–Trinajstić information content (AvgIpc) is 2.27. The normalized spacial score (nSPS) is 9.31. The van der Waals surface area contributed by atoms with E-state index >= 15 is 0 Å². The molecule has 0 aromatic heterocycles. The summed E-state index contributed by atoms with van der Waals surface area (Å²) in [7, 11) is 0. The number of amides is 1. The van der Waals surface area contributed by atoms with Crippen LogP contribution >= 0.6 is 23.8 Å². The Morgan fingerprint density at radius 2 is 2.06 bits per heavy atom. The Labute approximate surface area is 104 Å². The maximum absolute atomic E-state index is 11.6. The first-order chi connectivity index (χ1) is 7.63. The molecule has 1 amide bonds. The van der Waals surface area contributed by atoms with E-state index in [4.69, 9.17) is 23.8 Å². The topological polar surface area (TPSA) is 41.1 Å². The molecule has 0 atom stereocenters. The summed E-state index contributed by atoms with van der Waals surface area (Å²) in [4.78, 5) is 11.6. The molecule has 1 rings (SSSR count). The Balaban J connectivity index is 2.55. The molecule has 0 radical (unpaired) electrons. The van der Waals surface area contributed by atoms with Gasteiger partial charge in [-0.05, 0) is 36.5 Å². The smallest absolute Gasteiger partial charge is 0.257 e. The number of halogens is 1. The summed E-state index contributed by atoms with van der Waals surface area (Å²) in [5, 5.41) is 6.21. The van der Waals surface area contributed by atoms with E-state index in [9.17, 15) is 4.79 Å². The number of hydrogen-bond donors (Lipinski definition) is 2. The second-order valence-corrected chi connectivity index (χ2v) is 3.80. The molecule has 1 aromatic rings. The quantitative estimate of drug-likeness (QED) is 0.641. The highest BCUT2D eigenvalue weighted by Crippen LogP contribution is 2.09. The zero-order chi connectivity index (χ0) is 12.0. The van der Waals surface area contributed by atoms with Crippen LogP contribution < -0.4 is 10.6 Å². The predicted molar refractivity (Wildman–Crippen MR) is 69.7 cm³/mol. The molecule has 0 aliphatic carbocycles. The molecule has 5 heteroatoms. The molecule has 1 aromatic carbocycles. The van der Waals surface area contributed by atoms with E-state index in [-0.39, 0.29) is 11.0 Å². The van der Waals surface area contributed by atoms with Crippen molar-refractivity contribution in [3.8, 4) is 0 Å². The van der Waals surface area contributed by atoms with Crippen LogP contribution in [0, 0.1) is 0 Å². The number of benzene rings is 1. The predicted octanol–water partition coefficient (Wildman–Crippen LogP) is 2.13. The largest absolute Gasteiger partial charge is 0.359 e. The molecule has 0 aliphatic rings. The van der Waals surface area contributed by atoms with E-state index in [1.807, 2.05) is 0 Å². The average molecular weight is 255 g/mol. The maximum Gasteiger partial charge on any atom is 0.257 e. The molecule has 0 saturated heterocycles. The van der Waals surface area contributed by atoms with Gasteiger partial charge in [-0.2, -0.15) is 0 Å². The van der Waals surface area contributed by atoms with Crippen LogP contribution in [-0.2, 0) is 0 Å². The van der Waals surface area contributed by atoms with Gasteiger partial charge in [-0.15, -0.1) is 6.58 Å². The minimum Gasteiger partial charge on any atom is -0.359 e. The first-order valence-corrected chi connectivity index (χ1v) is 5.37. The summed E-state index contributed by atoms with van der Waals surface area (Å²) >= 11 is 10.6. The van der Waals surface area contributed by atoms with Crippen LogP contribution in [0.3, 0.4) is 0 Å². The molecule has 84 valence electrons. The first kappa shape index (κ1) is 12.7. The number of carbonyl (C=O) groups is 1. The molecule has 2 N–H and O–H groups in total. The number of hydrogen-bond acceptors (Lipinski definition) is 2. The Bertz CT molecular complexity index is 403. The van der Waals surface area contributed by atoms with Gasteiger partial charge in [0, 0.05) is 17.1 Å². The molecule has 0 unspecified atom stereocenters. The summed E-state index contributed by atoms with van der Waals surface area (Å²) in [6, 6.07) is 6.56. The van der Waals surface area contributed by atoms with Crippen molar-refractivity contribution in [3.63, 3.8) is 0 Å². The van der Waals surface area contributed by atoms with Crippen molar-refractivity contribution in [3.05, 3.63) is 47.5 Å². The van der Waals surface area contributed by atoms with Crippen molar-refractivity contribution in [2.75, 3.05) is 6.54 Å². The van der Waals surface area contributed by atoms with Crippen molar-refractivity contribution in [1.29, 1.82) is 0 Å². The van der Waals surface area contributed by atoms with Gasteiger partial charge < -0.3 is 5.32 Å². The van der Waals surface area contributed by atoms with Gasteiger partial charge in [-0.3, -0.25) is 10.1 Å². The fourth-order valence-electron chi connectivity index (χ4n) is 0.986. The molecular weight excluding hydrogens is 244 g/mol. The van der Waals surface area contributed by atoms with Crippen molar-refractivity contribution in [1.82, 2.24) is 10.6 Å². The number of thiocarbonyl (C=S) groups is 1. The summed E-state index contributed by atoms with van der Waals surface area (Å²) < 4.78 is 0. The first-order valence-electron chi connectivity index (χ1n) is 4.59. The molecule has 0 fully saturated rings. The second kappa shape index (κ2) is 6.25. The molecule has 16 heavy (non-hydrogen) atoms. The highest BCUT2D eigenvalue weighted by Gasteiger charge is 2.06. The van der Waals surface area contributed by atoms with E-state index in [1.165, 1.54) is 0 Å². The molecule has 3 nitrogen and oxygen atoms in total. The SMILES string of the molecule is C=CCNC(=S)NC(=O)c1ccc(Cl)cc1. The highest BCUT2D eigenvalue weighted by molar-refractivity contribution is 7.80. The maximum atomic E-state index is 11.6. The molecule has 0 heterocycles. The van der Waals surface area contributed by atoms with E-state index in [0.717, 1.165) is 0 Å². The zero-order valence-corrected chi connectivity index (χ0v) is 10.1. The fraction of sp³-hybridized carbons (Fsp3) is 0.0909. The summed E-state index contributed by atoms with van der Waals surface area (Å²) in [6.45, 7) is 4.04. The number of rotatable bonds is 3. The van der Waals surface area contributed by atoms with Gasteiger partial charge in [-0.1, -0.05) is 17.7 Å².